The van der Waals surface area contributed by atoms with Gasteiger partial charge in [-0.25, -0.2) is 4.39 Å². The zero-order chi connectivity index (χ0) is 16.8. The molecule has 0 aliphatic rings. The summed E-state index contributed by atoms with van der Waals surface area (Å²) in [6, 6.07) is 10.5. The second-order valence-electron chi connectivity index (χ2n) is 4.58. The maximum Gasteiger partial charge on any atom is 0.293 e. The average molecular weight is 429 g/mol. The maximum absolute atomic E-state index is 13.4. The maximum atomic E-state index is 13.4. The van der Waals surface area contributed by atoms with Crippen LogP contribution in [0, 0.1) is 19.5 Å². The van der Waals surface area contributed by atoms with Gasteiger partial charge in [0, 0.05) is 22.7 Å². The number of nitro groups is 1. The molecule has 0 unspecified atom stereocenters. The minimum atomic E-state index is -0.591. The SMILES string of the molecule is O=C(NCCNc1ccc(I)cc1[N+](=O)[O-])c1ccccc1F. The smallest absolute Gasteiger partial charge is 0.293 e. The number of carbonyl (C=O) groups is 1. The van der Waals surface area contributed by atoms with Gasteiger partial charge >= 0.3 is 0 Å². The number of halogens is 2. The van der Waals surface area contributed by atoms with Crippen molar-refractivity contribution in [2.75, 3.05) is 18.4 Å². The lowest BCUT2D eigenvalue weighted by atomic mass is 10.2. The van der Waals surface area contributed by atoms with E-state index >= 15 is 0 Å². The molecular weight excluding hydrogens is 416 g/mol. The van der Waals surface area contributed by atoms with Crippen molar-refractivity contribution in [3.63, 3.8) is 0 Å². The highest BCUT2D eigenvalue weighted by Crippen LogP contribution is 2.25. The Morgan fingerprint density at radius 2 is 1.96 bits per heavy atom. The predicted octanol–water partition coefficient (Wildman–Crippen LogP) is 3.18. The largest absolute Gasteiger partial charge is 0.378 e. The molecule has 0 saturated heterocycles. The summed E-state index contributed by atoms with van der Waals surface area (Å²) < 4.78 is 14.2. The summed E-state index contributed by atoms with van der Waals surface area (Å²) in [7, 11) is 0. The van der Waals surface area contributed by atoms with E-state index in [0.29, 0.717) is 5.69 Å². The molecule has 0 aromatic heterocycles. The van der Waals surface area contributed by atoms with Gasteiger partial charge in [-0.3, -0.25) is 14.9 Å². The Morgan fingerprint density at radius 1 is 1.22 bits per heavy atom. The van der Waals surface area contributed by atoms with Gasteiger partial charge in [0.25, 0.3) is 11.6 Å². The molecular formula is C15H13FIN3O3. The summed E-state index contributed by atoms with van der Waals surface area (Å²) in [6.45, 7) is 0.484. The third-order valence-electron chi connectivity index (χ3n) is 3.00. The number of hydrogen-bond donors (Lipinski definition) is 2. The van der Waals surface area contributed by atoms with E-state index in [9.17, 15) is 19.3 Å². The van der Waals surface area contributed by atoms with Crippen LogP contribution in [0.25, 0.3) is 0 Å². The fourth-order valence-corrected chi connectivity index (χ4v) is 2.39. The molecule has 0 fully saturated rings. The van der Waals surface area contributed by atoms with Crippen molar-refractivity contribution in [2.45, 2.75) is 0 Å². The number of nitrogens with zero attached hydrogens (tertiary/aromatic N) is 1. The van der Waals surface area contributed by atoms with Crippen LogP contribution in [0.4, 0.5) is 15.8 Å². The summed E-state index contributed by atoms with van der Waals surface area (Å²) in [4.78, 5) is 22.3. The quantitative estimate of drug-likeness (QED) is 0.320. The molecule has 0 bridgehead atoms. The molecule has 1 amide bonds. The van der Waals surface area contributed by atoms with E-state index < -0.39 is 16.6 Å². The van der Waals surface area contributed by atoms with Crippen LogP contribution < -0.4 is 10.6 Å². The highest BCUT2D eigenvalue weighted by Gasteiger charge is 2.14. The van der Waals surface area contributed by atoms with Gasteiger partial charge in [0.2, 0.25) is 0 Å². The molecule has 2 aromatic carbocycles. The lowest BCUT2D eigenvalue weighted by molar-refractivity contribution is -0.384. The first kappa shape index (κ1) is 17.1. The molecule has 8 heteroatoms. The molecule has 0 aliphatic carbocycles. The first-order chi connectivity index (χ1) is 11.0. The van der Waals surface area contributed by atoms with Gasteiger partial charge in [-0.1, -0.05) is 12.1 Å². The third kappa shape index (κ3) is 4.62. The number of carbonyl (C=O) groups excluding carboxylic acids is 1. The van der Waals surface area contributed by atoms with Crippen LogP contribution in [0.2, 0.25) is 0 Å². The van der Waals surface area contributed by atoms with Gasteiger partial charge < -0.3 is 10.6 Å². The predicted molar refractivity (Wildman–Crippen MR) is 93.0 cm³/mol. The fourth-order valence-electron chi connectivity index (χ4n) is 1.92. The number of benzene rings is 2. The number of hydrogen-bond acceptors (Lipinski definition) is 4. The third-order valence-corrected chi connectivity index (χ3v) is 3.67. The molecule has 2 N–H and O–H groups in total. The van der Waals surface area contributed by atoms with E-state index in [1.807, 2.05) is 22.6 Å². The molecule has 2 rings (SSSR count). The molecule has 0 saturated carbocycles. The minimum Gasteiger partial charge on any atom is -0.378 e. The van der Waals surface area contributed by atoms with E-state index in [4.69, 9.17) is 0 Å². The van der Waals surface area contributed by atoms with Gasteiger partial charge in [0.05, 0.1) is 10.5 Å². The monoisotopic (exact) mass is 429 g/mol. The van der Waals surface area contributed by atoms with E-state index in [-0.39, 0.29) is 24.3 Å². The van der Waals surface area contributed by atoms with Crippen LogP contribution >= 0.6 is 22.6 Å². The summed E-state index contributed by atoms with van der Waals surface area (Å²) >= 11 is 1.99. The Labute approximate surface area is 145 Å². The highest BCUT2D eigenvalue weighted by molar-refractivity contribution is 14.1. The Bertz CT molecular complexity index is 740. The molecule has 6 nitrogen and oxygen atoms in total. The van der Waals surface area contributed by atoms with Crippen molar-refractivity contribution >= 4 is 39.9 Å². The van der Waals surface area contributed by atoms with Crippen LogP contribution in [0.1, 0.15) is 10.4 Å². The number of amides is 1. The van der Waals surface area contributed by atoms with Crippen molar-refractivity contribution in [2.24, 2.45) is 0 Å². The van der Waals surface area contributed by atoms with Crippen molar-refractivity contribution in [1.29, 1.82) is 0 Å². The Kier molecular flexibility index (Phi) is 5.85. The van der Waals surface area contributed by atoms with Gasteiger partial charge in [0.1, 0.15) is 11.5 Å². The molecule has 120 valence electrons. The van der Waals surface area contributed by atoms with Crippen molar-refractivity contribution in [3.05, 3.63) is 67.5 Å². The van der Waals surface area contributed by atoms with E-state index in [1.54, 1.807) is 18.2 Å². The van der Waals surface area contributed by atoms with Gasteiger partial charge in [-0.05, 0) is 46.9 Å². The minimum absolute atomic E-state index is 0.0302. The first-order valence-corrected chi connectivity index (χ1v) is 7.77. The van der Waals surface area contributed by atoms with Crippen molar-refractivity contribution in [1.82, 2.24) is 5.32 Å². The molecule has 0 spiro atoms. The van der Waals surface area contributed by atoms with E-state index in [0.717, 1.165) is 3.57 Å². The summed E-state index contributed by atoms with van der Waals surface area (Å²) in [5.74, 6) is -1.12. The lowest BCUT2D eigenvalue weighted by Crippen LogP contribution is -2.29. The lowest BCUT2D eigenvalue weighted by Gasteiger charge is -2.09. The van der Waals surface area contributed by atoms with Crippen molar-refractivity contribution < 1.29 is 14.1 Å². The van der Waals surface area contributed by atoms with Crippen LogP contribution in [-0.2, 0) is 0 Å². The zero-order valence-corrected chi connectivity index (χ0v) is 14.0. The van der Waals surface area contributed by atoms with Crippen molar-refractivity contribution in [3.8, 4) is 0 Å². The van der Waals surface area contributed by atoms with Gasteiger partial charge in [-0.15, -0.1) is 0 Å². The Morgan fingerprint density at radius 3 is 2.65 bits per heavy atom. The molecule has 0 radical (unpaired) electrons. The first-order valence-electron chi connectivity index (χ1n) is 6.69. The molecule has 0 heterocycles. The average Bonchev–Trinajstić information content (AvgIpc) is 2.52. The van der Waals surface area contributed by atoms with E-state index in [1.165, 1.54) is 24.3 Å². The second-order valence-corrected chi connectivity index (χ2v) is 5.83. The van der Waals surface area contributed by atoms with E-state index in [2.05, 4.69) is 10.6 Å². The van der Waals surface area contributed by atoms with Crippen LogP contribution in [-0.4, -0.2) is 23.9 Å². The Balaban J connectivity index is 1.90. The number of nitro benzene ring substituents is 1. The fraction of sp³-hybridized carbons (Fsp3) is 0.133. The number of nitrogens with one attached hydrogen (secondary N) is 2. The molecule has 23 heavy (non-hydrogen) atoms. The summed E-state index contributed by atoms with van der Waals surface area (Å²) in [6.07, 6.45) is 0. The zero-order valence-electron chi connectivity index (χ0n) is 11.9. The number of anilines is 1. The van der Waals surface area contributed by atoms with Gasteiger partial charge in [0.15, 0.2) is 0 Å². The Hall–Kier alpha value is -2.23. The van der Waals surface area contributed by atoms with Crippen LogP contribution in [0.15, 0.2) is 42.5 Å². The summed E-state index contributed by atoms with van der Waals surface area (Å²) in [5, 5.41) is 16.4. The standard InChI is InChI=1S/C15H13FIN3O3/c16-12-4-2-1-3-11(12)15(21)19-8-7-18-13-6-5-10(17)9-14(13)20(22)23/h1-6,9,18H,7-8H2,(H,19,21). The molecule has 0 aliphatic heterocycles. The second kappa shape index (κ2) is 7.86. The number of rotatable bonds is 6. The molecule has 0 atom stereocenters. The highest BCUT2D eigenvalue weighted by atomic mass is 127. The topological polar surface area (TPSA) is 84.3 Å². The normalized spacial score (nSPS) is 10.2. The van der Waals surface area contributed by atoms with Crippen LogP contribution in [0.3, 0.4) is 0 Å². The molecule has 2 aromatic rings. The summed E-state index contributed by atoms with van der Waals surface area (Å²) in [5.41, 5.74) is 0.306. The van der Waals surface area contributed by atoms with Crippen LogP contribution in [0.5, 0.6) is 0 Å². The van der Waals surface area contributed by atoms with Gasteiger partial charge in [-0.2, -0.15) is 0 Å².